The first-order valence-electron chi connectivity index (χ1n) is 21.9. The first kappa shape index (κ1) is 43.0. The molecule has 10 rings (SSSR count). The molecular weight excluding hydrogens is 966 g/mol. The first-order valence-corrected chi connectivity index (χ1v) is 21.9. The predicted molar refractivity (Wildman–Crippen MR) is 262 cm³/mol. The van der Waals surface area contributed by atoms with E-state index in [-0.39, 0.29) is 43.1 Å². The molecule has 0 radical (unpaired) electrons. The van der Waals surface area contributed by atoms with E-state index in [1.807, 2.05) is 24.4 Å². The molecule has 0 bridgehead atoms. The van der Waals surface area contributed by atoms with Crippen LogP contribution in [-0.2, 0) is 37.3 Å². The van der Waals surface area contributed by atoms with Crippen LogP contribution in [0.5, 0.6) is 5.75 Å². The summed E-state index contributed by atoms with van der Waals surface area (Å²) in [7, 11) is 0. The molecule has 10 aromatic rings. The molecule has 0 amide bonds. The van der Waals surface area contributed by atoms with Crippen LogP contribution in [0.4, 0.5) is 0 Å². The number of hydrogen-bond acceptors (Lipinski definition) is 4. The number of furan rings is 1. The van der Waals surface area contributed by atoms with Gasteiger partial charge in [0.25, 0.3) is 0 Å². The second kappa shape index (κ2) is 15.7. The molecule has 64 heavy (non-hydrogen) atoms. The van der Waals surface area contributed by atoms with E-state index in [0.717, 1.165) is 94.1 Å². The Morgan fingerprint density at radius 2 is 1.28 bits per heavy atom. The zero-order chi connectivity index (χ0) is 44.0. The number of pyridine rings is 1. The number of aromatic hydroxyl groups is 1. The maximum absolute atomic E-state index is 12.4. The zero-order valence-corrected chi connectivity index (χ0v) is 40.1. The Kier molecular flexibility index (Phi) is 10.6. The van der Waals surface area contributed by atoms with Crippen LogP contribution in [-0.4, -0.2) is 19.6 Å². The molecular formula is C58H52N3O2Pt-. The van der Waals surface area contributed by atoms with E-state index < -0.39 is 0 Å². The molecule has 0 spiro atoms. The quantitative estimate of drug-likeness (QED) is 0.175. The van der Waals surface area contributed by atoms with Crippen molar-refractivity contribution in [2.75, 3.05) is 0 Å². The maximum atomic E-state index is 12.4. The zero-order valence-electron chi connectivity index (χ0n) is 37.9. The molecule has 3 heterocycles. The summed E-state index contributed by atoms with van der Waals surface area (Å²) >= 11 is 0. The summed E-state index contributed by atoms with van der Waals surface area (Å²) in [5.74, 6) is 0.919. The van der Waals surface area contributed by atoms with Crippen LogP contribution >= 0.6 is 0 Å². The summed E-state index contributed by atoms with van der Waals surface area (Å²) in [6.45, 7) is 19.9. The number of nitrogens with zero attached hydrogens (tertiary/aromatic N) is 3. The van der Waals surface area contributed by atoms with Crippen LogP contribution in [0.25, 0.3) is 94.3 Å². The summed E-state index contributed by atoms with van der Waals surface area (Å²) in [4.78, 5) is 10.6. The van der Waals surface area contributed by atoms with Crippen molar-refractivity contribution < 1.29 is 30.6 Å². The van der Waals surface area contributed by atoms with Gasteiger partial charge in [-0.3, -0.25) is 9.55 Å². The fourth-order valence-corrected chi connectivity index (χ4v) is 8.92. The van der Waals surface area contributed by atoms with Gasteiger partial charge in [-0.15, -0.1) is 29.8 Å². The van der Waals surface area contributed by atoms with Gasteiger partial charge in [-0.05, 0) is 74.7 Å². The van der Waals surface area contributed by atoms with Crippen LogP contribution in [0.3, 0.4) is 0 Å². The molecule has 5 nitrogen and oxygen atoms in total. The van der Waals surface area contributed by atoms with Crippen molar-refractivity contribution in [2.24, 2.45) is 0 Å². The van der Waals surface area contributed by atoms with E-state index in [1.54, 1.807) is 0 Å². The number of fused-ring (bicyclic) bond motifs is 6. The largest absolute Gasteiger partial charge is 0.507 e. The average Bonchev–Trinajstić information content (AvgIpc) is 3.84. The van der Waals surface area contributed by atoms with Gasteiger partial charge in [-0.2, -0.15) is 0 Å². The van der Waals surface area contributed by atoms with Gasteiger partial charge < -0.3 is 9.52 Å². The van der Waals surface area contributed by atoms with Crippen molar-refractivity contribution in [1.29, 1.82) is 0 Å². The van der Waals surface area contributed by atoms with E-state index in [9.17, 15) is 5.11 Å². The molecule has 0 aliphatic heterocycles. The molecule has 322 valence electrons. The second-order valence-corrected chi connectivity index (χ2v) is 20.0. The van der Waals surface area contributed by atoms with Gasteiger partial charge in [0.2, 0.25) is 0 Å². The minimum atomic E-state index is -0.325. The SMILES string of the molecule is CC(C)(C)c1ccc(-n2c(-c3cc(C(C)(C)C)cc(C(C)(C)C)c3O)nc3c(-c4[c-]c(-c5cc6oc7c8ccccc8ccc7c6cn5)ccc4)cccc32)c(-c2ccccc2)c1.[Pt]. The Hall–Kier alpha value is -6.29. The van der Waals surface area contributed by atoms with Gasteiger partial charge >= 0.3 is 0 Å². The first-order chi connectivity index (χ1) is 30.0. The fraction of sp³-hybridized carbons (Fsp3) is 0.207. The Labute approximate surface area is 390 Å². The number of rotatable bonds is 5. The standard InChI is InChI=1S/C58H52N3O2.Pt/c1-56(2,3)39-26-28-49(44(30-39)35-17-11-10-12-18-35)61-50-24-16-23-41(52(50)60-55(61)45-31-40(57(4,5)6)32-47(53(45)62)58(7,8)9)37-20-15-21-38(29-37)48-33-51-46(34-59-48)43-27-25-36-19-13-14-22-42(36)54(43)63-51;/h10-28,30-34,62H,1-9H3;/q-1;. The van der Waals surface area contributed by atoms with E-state index >= 15 is 0 Å². The molecule has 1 N–H and O–H groups in total. The number of benzene rings is 7. The Balaban J connectivity index is 0.00000518. The smallest absolute Gasteiger partial charge is 0.148 e. The van der Waals surface area contributed by atoms with Crippen molar-refractivity contribution in [3.05, 3.63) is 168 Å². The summed E-state index contributed by atoms with van der Waals surface area (Å²) in [5.41, 5.74) is 13.4. The van der Waals surface area contributed by atoms with E-state index in [4.69, 9.17) is 14.4 Å². The van der Waals surface area contributed by atoms with Crippen molar-refractivity contribution in [3.63, 3.8) is 0 Å². The van der Waals surface area contributed by atoms with Crippen LogP contribution in [0.1, 0.15) is 79.0 Å². The minimum absolute atomic E-state index is 0. The molecule has 0 saturated heterocycles. The third kappa shape index (κ3) is 7.44. The third-order valence-corrected chi connectivity index (χ3v) is 12.5. The number of phenolic OH excluding ortho intramolecular Hbond substituents is 1. The molecule has 0 saturated carbocycles. The molecule has 6 heteroatoms. The fourth-order valence-electron chi connectivity index (χ4n) is 8.92. The van der Waals surface area contributed by atoms with Crippen molar-refractivity contribution in [3.8, 4) is 56.3 Å². The molecule has 0 atom stereocenters. The van der Waals surface area contributed by atoms with Gasteiger partial charge in [-0.25, -0.2) is 4.98 Å². The van der Waals surface area contributed by atoms with Gasteiger partial charge in [0, 0.05) is 60.2 Å². The summed E-state index contributed by atoms with van der Waals surface area (Å²) < 4.78 is 8.81. The predicted octanol–water partition coefficient (Wildman–Crippen LogP) is 15.5. The van der Waals surface area contributed by atoms with Gasteiger partial charge in [0.05, 0.1) is 22.3 Å². The topological polar surface area (TPSA) is 64.1 Å². The second-order valence-electron chi connectivity index (χ2n) is 20.0. The van der Waals surface area contributed by atoms with Gasteiger partial charge in [0.15, 0.2) is 0 Å². The number of phenols is 1. The van der Waals surface area contributed by atoms with Crippen molar-refractivity contribution in [1.82, 2.24) is 14.5 Å². The van der Waals surface area contributed by atoms with E-state index in [1.165, 1.54) is 5.56 Å². The van der Waals surface area contributed by atoms with Gasteiger partial charge in [0.1, 0.15) is 22.7 Å². The molecule has 7 aromatic carbocycles. The minimum Gasteiger partial charge on any atom is -0.507 e. The number of aromatic nitrogens is 3. The number of para-hydroxylation sites is 1. The molecule has 0 aliphatic rings. The molecule has 0 unspecified atom stereocenters. The van der Waals surface area contributed by atoms with Crippen LogP contribution in [0.15, 0.2) is 150 Å². The van der Waals surface area contributed by atoms with Crippen molar-refractivity contribution in [2.45, 2.75) is 78.6 Å². The van der Waals surface area contributed by atoms with Crippen LogP contribution in [0, 0.1) is 6.07 Å². The third-order valence-electron chi connectivity index (χ3n) is 12.5. The average molecular weight is 1020 g/mol. The number of hydrogen-bond donors (Lipinski definition) is 1. The molecule has 0 fully saturated rings. The van der Waals surface area contributed by atoms with Crippen LogP contribution < -0.4 is 0 Å². The number of imidazole rings is 1. The summed E-state index contributed by atoms with van der Waals surface area (Å²) in [5, 5.41) is 16.7. The Morgan fingerprint density at radius 1 is 0.578 bits per heavy atom. The monoisotopic (exact) mass is 1020 g/mol. The normalized spacial score (nSPS) is 12.4. The van der Waals surface area contributed by atoms with E-state index in [2.05, 4.69) is 194 Å². The van der Waals surface area contributed by atoms with E-state index in [0.29, 0.717) is 11.4 Å². The molecule has 0 aliphatic carbocycles. The summed E-state index contributed by atoms with van der Waals surface area (Å²) in [6.07, 6.45) is 1.92. The van der Waals surface area contributed by atoms with Gasteiger partial charge in [-0.1, -0.05) is 158 Å². The van der Waals surface area contributed by atoms with Crippen LogP contribution in [0.2, 0.25) is 0 Å². The maximum Gasteiger partial charge on any atom is 0.148 e. The van der Waals surface area contributed by atoms with Crippen molar-refractivity contribution >= 4 is 43.7 Å². The Bertz CT molecular complexity index is 3410. The summed E-state index contributed by atoms with van der Waals surface area (Å²) in [6, 6.07) is 52.6. The molecule has 3 aromatic heterocycles. The Morgan fingerprint density at radius 3 is 2.03 bits per heavy atom.